The van der Waals surface area contributed by atoms with E-state index < -0.39 is 0 Å². The zero-order valence-electron chi connectivity index (χ0n) is 11.3. The lowest BCUT2D eigenvalue weighted by molar-refractivity contribution is -0.117. The van der Waals surface area contributed by atoms with Crippen LogP contribution in [0.4, 0.5) is 0 Å². The molecule has 1 aliphatic carbocycles. The molecule has 2 heterocycles. The Labute approximate surface area is 114 Å². The number of carbonyl (C=O) groups excluding carboxylic acids is 1. The molecule has 0 saturated heterocycles. The molecular weight excluding hydrogens is 236 g/mol. The number of amides is 1. The van der Waals surface area contributed by atoms with Crippen molar-refractivity contribution in [1.82, 2.24) is 10.3 Å². The minimum atomic E-state index is 0.0477. The predicted molar refractivity (Wildman–Crippen MR) is 74.8 cm³/mol. The van der Waals surface area contributed by atoms with Gasteiger partial charge in [0.25, 0.3) is 0 Å². The molecule has 0 aromatic carbocycles. The highest BCUT2D eigenvalue weighted by molar-refractivity contribution is 5.88. The standard InChI is InChI=1S/C16H20N2O/c1-11-8-12(10-13-4-2-6-16(19)18-13)14-5-3-7-17-15(14)9-11/h2-3,5-7,11-13H,4,8-10H2,1H3,(H,18,19)/t11-,12-,13+/m1/s1. The number of aromatic nitrogens is 1. The summed E-state index contributed by atoms with van der Waals surface area (Å²) in [5.41, 5.74) is 2.65. The Bertz CT molecular complexity index is 509. The number of nitrogens with one attached hydrogen (secondary N) is 1. The Morgan fingerprint density at radius 1 is 1.47 bits per heavy atom. The van der Waals surface area contributed by atoms with Crippen molar-refractivity contribution in [3.8, 4) is 0 Å². The summed E-state index contributed by atoms with van der Waals surface area (Å²) >= 11 is 0. The Kier molecular flexibility index (Phi) is 3.36. The first-order chi connectivity index (χ1) is 9.22. The van der Waals surface area contributed by atoms with Gasteiger partial charge in [-0.25, -0.2) is 0 Å². The highest BCUT2D eigenvalue weighted by Gasteiger charge is 2.28. The predicted octanol–water partition coefficient (Wildman–Crippen LogP) is 2.58. The van der Waals surface area contributed by atoms with Gasteiger partial charge in [-0.3, -0.25) is 9.78 Å². The lowest BCUT2D eigenvalue weighted by Crippen LogP contribution is -2.37. The van der Waals surface area contributed by atoms with Gasteiger partial charge in [0.2, 0.25) is 5.91 Å². The van der Waals surface area contributed by atoms with Crippen LogP contribution in [0, 0.1) is 5.92 Å². The summed E-state index contributed by atoms with van der Waals surface area (Å²) in [5.74, 6) is 1.26. The molecule has 0 bridgehead atoms. The van der Waals surface area contributed by atoms with Crippen molar-refractivity contribution < 1.29 is 4.79 Å². The average Bonchev–Trinajstić information content (AvgIpc) is 2.38. The molecule has 3 rings (SSSR count). The first-order valence-electron chi connectivity index (χ1n) is 7.13. The van der Waals surface area contributed by atoms with Gasteiger partial charge in [0.1, 0.15) is 0 Å². The summed E-state index contributed by atoms with van der Waals surface area (Å²) in [6.07, 6.45) is 9.78. The van der Waals surface area contributed by atoms with Gasteiger partial charge in [-0.15, -0.1) is 0 Å². The van der Waals surface area contributed by atoms with Crippen LogP contribution >= 0.6 is 0 Å². The fourth-order valence-electron chi connectivity index (χ4n) is 3.39. The molecular formula is C16H20N2O. The number of carbonyl (C=O) groups is 1. The normalized spacial score (nSPS) is 29.7. The fraction of sp³-hybridized carbons (Fsp3) is 0.500. The van der Waals surface area contributed by atoms with Crippen molar-refractivity contribution in [2.45, 2.75) is 44.6 Å². The average molecular weight is 256 g/mol. The highest BCUT2D eigenvalue weighted by atomic mass is 16.1. The van der Waals surface area contributed by atoms with E-state index in [1.54, 1.807) is 6.08 Å². The van der Waals surface area contributed by atoms with Gasteiger partial charge < -0.3 is 5.32 Å². The summed E-state index contributed by atoms with van der Waals surface area (Å²) in [5, 5.41) is 3.06. The van der Waals surface area contributed by atoms with E-state index in [4.69, 9.17) is 0 Å². The lowest BCUT2D eigenvalue weighted by Gasteiger charge is -2.32. The summed E-state index contributed by atoms with van der Waals surface area (Å²) in [4.78, 5) is 15.9. The number of rotatable bonds is 2. The Hall–Kier alpha value is -1.64. The van der Waals surface area contributed by atoms with Crippen LogP contribution in [0.15, 0.2) is 30.5 Å². The van der Waals surface area contributed by atoms with Crippen molar-refractivity contribution in [3.63, 3.8) is 0 Å². The topological polar surface area (TPSA) is 42.0 Å². The Morgan fingerprint density at radius 3 is 3.21 bits per heavy atom. The zero-order chi connectivity index (χ0) is 13.2. The largest absolute Gasteiger partial charge is 0.349 e. The maximum absolute atomic E-state index is 11.4. The third-order valence-corrected chi connectivity index (χ3v) is 4.20. The second-order valence-electron chi connectivity index (χ2n) is 5.86. The summed E-state index contributed by atoms with van der Waals surface area (Å²) in [6, 6.07) is 4.52. The minimum Gasteiger partial charge on any atom is -0.349 e. The van der Waals surface area contributed by atoms with Crippen LogP contribution in [0.5, 0.6) is 0 Å². The summed E-state index contributed by atoms with van der Waals surface area (Å²) in [6.45, 7) is 2.30. The van der Waals surface area contributed by atoms with E-state index in [9.17, 15) is 4.79 Å². The first-order valence-corrected chi connectivity index (χ1v) is 7.13. The molecule has 19 heavy (non-hydrogen) atoms. The van der Waals surface area contributed by atoms with Crippen LogP contribution in [0.3, 0.4) is 0 Å². The van der Waals surface area contributed by atoms with Crippen molar-refractivity contribution in [1.29, 1.82) is 0 Å². The van der Waals surface area contributed by atoms with Gasteiger partial charge in [0.05, 0.1) is 0 Å². The molecule has 0 spiro atoms. The second-order valence-corrected chi connectivity index (χ2v) is 5.86. The van der Waals surface area contributed by atoms with E-state index in [-0.39, 0.29) is 11.9 Å². The van der Waals surface area contributed by atoms with E-state index in [2.05, 4.69) is 23.3 Å². The molecule has 0 radical (unpaired) electrons. The van der Waals surface area contributed by atoms with E-state index in [1.807, 2.05) is 18.3 Å². The molecule has 3 nitrogen and oxygen atoms in total. The van der Waals surface area contributed by atoms with Crippen LogP contribution in [-0.4, -0.2) is 16.9 Å². The number of hydrogen-bond donors (Lipinski definition) is 1. The fourth-order valence-corrected chi connectivity index (χ4v) is 3.39. The van der Waals surface area contributed by atoms with Gasteiger partial charge in [0.15, 0.2) is 0 Å². The molecule has 1 N–H and O–H groups in total. The van der Waals surface area contributed by atoms with Crippen LogP contribution < -0.4 is 5.32 Å². The van der Waals surface area contributed by atoms with Crippen molar-refractivity contribution in [3.05, 3.63) is 41.7 Å². The van der Waals surface area contributed by atoms with Crippen molar-refractivity contribution >= 4 is 5.91 Å². The first kappa shape index (κ1) is 12.4. The second kappa shape index (κ2) is 5.16. The van der Waals surface area contributed by atoms with Gasteiger partial charge in [0, 0.05) is 17.9 Å². The quantitative estimate of drug-likeness (QED) is 0.883. The van der Waals surface area contributed by atoms with E-state index in [0.717, 1.165) is 19.3 Å². The van der Waals surface area contributed by atoms with E-state index in [1.165, 1.54) is 17.7 Å². The van der Waals surface area contributed by atoms with Gasteiger partial charge in [-0.2, -0.15) is 0 Å². The number of nitrogens with zero attached hydrogens (tertiary/aromatic N) is 1. The molecule has 1 aromatic heterocycles. The van der Waals surface area contributed by atoms with Gasteiger partial charge in [-0.05, 0) is 55.2 Å². The molecule has 0 fully saturated rings. The zero-order valence-corrected chi connectivity index (χ0v) is 11.3. The van der Waals surface area contributed by atoms with Crippen molar-refractivity contribution in [2.24, 2.45) is 5.92 Å². The highest BCUT2D eigenvalue weighted by Crippen LogP contribution is 2.37. The monoisotopic (exact) mass is 256 g/mol. The molecule has 100 valence electrons. The minimum absolute atomic E-state index is 0.0477. The molecule has 3 heteroatoms. The maximum atomic E-state index is 11.4. The van der Waals surface area contributed by atoms with Crippen molar-refractivity contribution in [2.75, 3.05) is 0 Å². The molecule has 1 aromatic rings. The van der Waals surface area contributed by atoms with E-state index >= 15 is 0 Å². The van der Waals surface area contributed by atoms with Crippen LogP contribution in [0.25, 0.3) is 0 Å². The molecule has 0 unspecified atom stereocenters. The maximum Gasteiger partial charge on any atom is 0.243 e. The summed E-state index contributed by atoms with van der Waals surface area (Å²) in [7, 11) is 0. The Morgan fingerprint density at radius 2 is 2.37 bits per heavy atom. The molecule has 1 aliphatic heterocycles. The van der Waals surface area contributed by atoms with Gasteiger partial charge in [-0.1, -0.05) is 19.1 Å². The SMILES string of the molecule is C[C@H]1Cc2ncccc2[C@@H](C[C@@H]2CC=CC(=O)N2)C1. The molecule has 3 atom stereocenters. The summed E-state index contributed by atoms with van der Waals surface area (Å²) < 4.78 is 0. The molecule has 0 saturated carbocycles. The van der Waals surface area contributed by atoms with E-state index in [0.29, 0.717) is 11.8 Å². The number of fused-ring (bicyclic) bond motifs is 1. The lowest BCUT2D eigenvalue weighted by atomic mass is 9.76. The smallest absolute Gasteiger partial charge is 0.243 e. The number of hydrogen-bond acceptors (Lipinski definition) is 2. The third-order valence-electron chi connectivity index (χ3n) is 4.20. The number of pyridine rings is 1. The van der Waals surface area contributed by atoms with Crippen LogP contribution in [-0.2, 0) is 11.2 Å². The van der Waals surface area contributed by atoms with Crippen LogP contribution in [0.1, 0.15) is 43.4 Å². The molecule has 2 aliphatic rings. The van der Waals surface area contributed by atoms with Crippen LogP contribution in [0.2, 0.25) is 0 Å². The van der Waals surface area contributed by atoms with Gasteiger partial charge >= 0.3 is 0 Å². The molecule has 1 amide bonds. The third kappa shape index (κ3) is 2.70. The Balaban J connectivity index is 1.78.